The van der Waals surface area contributed by atoms with Gasteiger partial charge in [-0.1, -0.05) is 41.9 Å². The number of pyridine rings is 1. The molecule has 3 rings (SSSR count). The van der Waals surface area contributed by atoms with Crippen molar-refractivity contribution in [2.75, 3.05) is 5.32 Å². The number of carbonyl (C=O) groups excluding carboxylic acids is 2. The third-order valence-electron chi connectivity index (χ3n) is 3.65. The smallest absolute Gasteiger partial charge is 0.270 e. The van der Waals surface area contributed by atoms with Crippen molar-refractivity contribution in [1.29, 1.82) is 0 Å². The van der Waals surface area contributed by atoms with E-state index in [-0.39, 0.29) is 17.5 Å². The molecule has 2 amide bonds. The van der Waals surface area contributed by atoms with E-state index >= 15 is 0 Å². The molecule has 0 bridgehead atoms. The summed E-state index contributed by atoms with van der Waals surface area (Å²) in [6.45, 7) is 0.391. The Morgan fingerprint density at radius 3 is 2.38 bits per heavy atom. The lowest BCUT2D eigenvalue weighted by Crippen LogP contribution is -2.24. The third-order valence-corrected chi connectivity index (χ3v) is 3.90. The summed E-state index contributed by atoms with van der Waals surface area (Å²) in [4.78, 5) is 28.7. The Labute approximate surface area is 156 Å². The second-order valence-corrected chi connectivity index (χ2v) is 6.00. The Balaban J connectivity index is 1.66. The normalized spacial score (nSPS) is 10.2. The monoisotopic (exact) mass is 365 g/mol. The van der Waals surface area contributed by atoms with Crippen LogP contribution < -0.4 is 10.6 Å². The zero-order valence-electron chi connectivity index (χ0n) is 13.8. The maximum absolute atomic E-state index is 12.3. The van der Waals surface area contributed by atoms with Crippen LogP contribution in [-0.2, 0) is 6.54 Å². The van der Waals surface area contributed by atoms with Crippen molar-refractivity contribution in [1.82, 2.24) is 10.3 Å². The predicted octanol–water partition coefficient (Wildman–Crippen LogP) is 3.92. The van der Waals surface area contributed by atoms with Crippen molar-refractivity contribution >= 4 is 29.1 Å². The topological polar surface area (TPSA) is 71.1 Å². The Bertz CT molecular complexity index is 912. The van der Waals surface area contributed by atoms with Gasteiger partial charge in [0.1, 0.15) is 5.69 Å². The molecule has 0 saturated heterocycles. The largest absolute Gasteiger partial charge is 0.347 e. The number of anilines is 1. The number of aromatic nitrogens is 1. The van der Waals surface area contributed by atoms with Crippen LogP contribution in [0.4, 0.5) is 5.69 Å². The molecule has 1 aromatic heterocycles. The number of nitrogens with zero attached hydrogens (tertiary/aromatic N) is 1. The number of halogens is 1. The van der Waals surface area contributed by atoms with E-state index in [1.165, 1.54) is 12.3 Å². The first kappa shape index (κ1) is 17.6. The van der Waals surface area contributed by atoms with Crippen molar-refractivity contribution in [2.45, 2.75) is 6.54 Å². The van der Waals surface area contributed by atoms with Crippen LogP contribution in [0.25, 0.3) is 0 Å². The van der Waals surface area contributed by atoms with Gasteiger partial charge in [-0.05, 0) is 42.0 Å². The average Bonchev–Trinajstić information content (AvgIpc) is 2.69. The molecule has 2 aromatic carbocycles. The Kier molecular flexibility index (Phi) is 5.61. The molecule has 5 nitrogen and oxygen atoms in total. The minimum atomic E-state index is -0.338. The SMILES string of the molecule is O=C(Nc1ccc(Cl)cc1)c1ccnc(C(=O)NCc2ccccc2)c1. The minimum absolute atomic E-state index is 0.185. The first-order valence-corrected chi connectivity index (χ1v) is 8.35. The molecular formula is C20H16ClN3O2. The summed E-state index contributed by atoms with van der Waals surface area (Å²) >= 11 is 5.83. The first-order chi connectivity index (χ1) is 12.6. The fourth-order valence-electron chi connectivity index (χ4n) is 2.30. The molecule has 0 saturated carbocycles. The van der Waals surface area contributed by atoms with E-state index in [9.17, 15) is 9.59 Å². The van der Waals surface area contributed by atoms with Gasteiger partial charge < -0.3 is 10.6 Å². The molecule has 0 fully saturated rings. The Morgan fingerprint density at radius 2 is 1.65 bits per heavy atom. The van der Waals surface area contributed by atoms with Crippen LogP contribution in [0.15, 0.2) is 72.9 Å². The highest BCUT2D eigenvalue weighted by Crippen LogP contribution is 2.14. The van der Waals surface area contributed by atoms with Gasteiger partial charge in [-0.25, -0.2) is 0 Å². The van der Waals surface area contributed by atoms with Crippen molar-refractivity contribution in [3.8, 4) is 0 Å². The molecule has 26 heavy (non-hydrogen) atoms. The molecule has 0 unspecified atom stereocenters. The molecule has 0 aliphatic carbocycles. The van der Waals surface area contributed by atoms with Crippen molar-refractivity contribution < 1.29 is 9.59 Å². The van der Waals surface area contributed by atoms with Gasteiger partial charge in [-0.15, -0.1) is 0 Å². The molecular weight excluding hydrogens is 350 g/mol. The van der Waals surface area contributed by atoms with Crippen LogP contribution in [0.1, 0.15) is 26.4 Å². The van der Waals surface area contributed by atoms with Crippen molar-refractivity contribution in [3.63, 3.8) is 0 Å². The lowest BCUT2D eigenvalue weighted by Gasteiger charge is -2.08. The highest BCUT2D eigenvalue weighted by Gasteiger charge is 2.12. The summed E-state index contributed by atoms with van der Waals surface area (Å²) in [6.07, 6.45) is 1.44. The van der Waals surface area contributed by atoms with Gasteiger partial charge in [-0.2, -0.15) is 0 Å². The van der Waals surface area contributed by atoms with Crippen LogP contribution in [0.3, 0.4) is 0 Å². The Morgan fingerprint density at radius 1 is 0.923 bits per heavy atom. The van der Waals surface area contributed by atoms with Gasteiger partial charge >= 0.3 is 0 Å². The van der Waals surface area contributed by atoms with Gasteiger partial charge in [0.15, 0.2) is 0 Å². The van der Waals surface area contributed by atoms with Crippen LogP contribution in [0.2, 0.25) is 5.02 Å². The molecule has 0 radical (unpaired) electrons. The van der Waals surface area contributed by atoms with Gasteiger partial charge in [0.2, 0.25) is 0 Å². The van der Waals surface area contributed by atoms with Crippen LogP contribution in [0.5, 0.6) is 0 Å². The maximum atomic E-state index is 12.3. The van der Waals surface area contributed by atoms with Gasteiger partial charge in [0, 0.05) is 29.0 Å². The number of rotatable bonds is 5. The fourth-order valence-corrected chi connectivity index (χ4v) is 2.43. The lowest BCUT2D eigenvalue weighted by atomic mass is 10.2. The molecule has 3 aromatic rings. The van der Waals surface area contributed by atoms with Crippen molar-refractivity contribution in [2.24, 2.45) is 0 Å². The van der Waals surface area contributed by atoms with Gasteiger partial charge in [0.25, 0.3) is 11.8 Å². The molecule has 0 aliphatic heterocycles. The zero-order valence-corrected chi connectivity index (χ0v) is 14.5. The van der Waals surface area contributed by atoms with Gasteiger partial charge in [0.05, 0.1) is 0 Å². The summed E-state index contributed by atoms with van der Waals surface area (Å²) in [5.74, 6) is -0.665. The number of benzene rings is 2. The zero-order chi connectivity index (χ0) is 18.4. The van der Waals surface area contributed by atoms with E-state index in [0.717, 1.165) is 5.56 Å². The van der Waals surface area contributed by atoms with E-state index in [1.807, 2.05) is 30.3 Å². The molecule has 0 atom stereocenters. The molecule has 1 heterocycles. The molecule has 130 valence electrons. The average molecular weight is 366 g/mol. The van der Waals surface area contributed by atoms with E-state index < -0.39 is 0 Å². The molecule has 0 aliphatic rings. The highest BCUT2D eigenvalue weighted by atomic mass is 35.5. The van der Waals surface area contributed by atoms with Crippen LogP contribution >= 0.6 is 11.6 Å². The summed E-state index contributed by atoms with van der Waals surface area (Å²) in [6, 6.07) is 19.4. The standard InChI is InChI=1S/C20H16ClN3O2/c21-16-6-8-17(9-7-16)24-19(25)15-10-11-22-18(12-15)20(26)23-13-14-4-2-1-3-5-14/h1-12H,13H2,(H,23,26)(H,24,25). The molecule has 2 N–H and O–H groups in total. The Hall–Kier alpha value is -3.18. The summed E-state index contributed by atoms with van der Waals surface area (Å²) in [5.41, 5.74) is 2.13. The number of nitrogens with one attached hydrogen (secondary N) is 2. The second kappa shape index (κ2) is 8.27. The summed E-state index contributed by atoms with van der Waals surface area (Å²) in [5, 5.41) is 6.13. The second-order valence-electron chi connectivity index (χ2n) is 5.56. The maximum Gasteiger partial charge on any atom is 0.270 e. The van der Waals surface area contributed by atoms with Crippen molar-refractivity contribution in [3.05, 3.63) is 94.8 Å². The lowest BCUT2D eigenvalue weighted by molar-refractivity contribution is 0.0946. The van der Waals surface area contributed by atoms with E-state index in [0.29, 0.717) is 22.8 Å². The summed E-state index contributed by atoms with van der Waals surface area (Å²) < 4.78 is 0. The number of carbonyl (C=O) groups is 2. The van der Waals surface area contributed by atoms with Crippen LogP contribution in [0, 0.1) is 0 Å². The number of hydrogen-bond acceptors (Lipinski definition) is 3. The predicted molar refractivity (Wildman–Crippen MR) is 101 cm³/mol. The van der Waals surface area contributed by atoms with E-state index in [4.69, 9.17) is 11.6 Å². The fraction of sp³-hybridized carbons (Fsp3) is 0.0500. The molecule has 6 heteroatoms. The third kappa shape index (κ3) is 4.68. The number of amides is 2. The first-order valence-electron chi connectivity index (χ1n) is 7.97. The summed E-state index contributed by atoms with van der Waals surface area (Å²) in [7, 11) is 0. The van der Waals surface area contributed by atoms with Crippen LogP contribution in [-0.4, -0.2) is 16.8 Å². The van der Waals surface area contributed by atoms with E-state index in [2.05, 4.69) is 15.6 Å². The molecule has 0 spiro atoms. The minimum Gasteiger partial charge on any atom is -0.347 e. The van der Waals surface area contributed by atoms with Gasteiger partial charge in [-0.3, -0.25) is 14.6 Å². The van der Waals surface area contributed by atoms with E-state index in [1.54, 1.807) is 30.3 Å². The number of hydrogen-bond donors (Lipinski definition) is 2. The highest BCUT2D eigenvalue weighted by molar-refractivity contribution is 6.30. The quantitative estimate of drug-likeness (QED) is 0.720.